The maximum absolute atomic E-state index is 12.6. The van der Waals surface area contributed by atoms with E-state index in [4.69, 9.17) is 0 Å². The van der Waals surface area contributed by atoms with Gasteiger partial charge in [0.2, 0.25) is 0 Å². The van der Waals surface area contributed by atoms with Crippen molar-refractivity contribution >= 4 is 10.0 Å². The molecule has 0 bridgehead atoms. The Bertz CT molecular complexity index is 540. The highest BCUT2D eigenvalue weighted by Crippen LogP contribution is 2.20. The van der Waals surface area contributed by atoms with Crippen molar-refractivity contribution < 1.29 is 8.42 Å². The molecule has 1 aliphatic heterocycles. The zero-order chi connectivity index (χ0) is 14.8. The molecule has 1 aliphatic rings. The highest BCUT2D eigenvalue weighted by atomic mass is 32.2. The first-order valence-corrected chi connectivity index (χ1v) is 8.59. The van der Waals surface area contributed by atoms with Gasteiger partial charge >= 0.3 is 0 Å². The molecule has 7 heteroatoms. The van der Waals surface area contributed by atoms with Crippen LogP contribution < -0.4 is 0 Å². The predicted molar refractivity (Wildman–Crippen MR) is 78.0 cm³/mol. The number of rotatable bonds is 6. The Labute approximate surface area is 121 Å². The summed E-state index contributed by atoms with van der Waals surface area (Å²) >= 11 is 0. The Balaban J connectivity index is 2.14. The Kier molecular flexibility index (Phi) is 4.82. The first-order valence-electron chi connectivity index (χ1n) is 7.15. The SMILES string of the molecule is CCCn1nccc1S(=O)(=O)N(C)CC1CCCN1C. The average molecular weight is 300 g/mol. The van der Waals surface area contributed by atoms with Gasteiger partial charge in [0.1, 0.15) is 0 Å². The smallest absolute Gasteiger partial charge is 0.260 e. The number of hydrogen-bond acceptors (Lipinski definition) is 4. The molecule has 2 rings (SSSR count). The maximum atomic E-state index is 12.6. The monoisotopic (exact) mass is 300 g/mol. The molecule has 0 aromatic carbocycles. The van der Waals surface area contributed by atoms with Crippen LogP contribution in [0.3, 0.4) is 0 Å². The third-order valence-electron chi connectivity index (χ3n) is 3.93. The third kappa shape index (κ3) is 3.05. The topological polar surface area (TPSA) is 58.4 Å². The van der Waals surface area contributed by atoms with E-state index < -0.39 is 10.0 Å². The number of likely N-dealkylation sites (N-methyl/N-ethyl adjacent to an activating group) is 2. The van der Waals surface area contributed by atoms with E-state index in [0.29, 0.717) is 24.2 Å². The molecule has 1 saturated heterocycles. The molecule has 1 atom stereocenters. The molecule has 0 radical (unpaired) electrons. The van der Waals surface area contributed by atoms with Crippen LogP contribution in [0.5, 0.6) is 0 Å². The molecule has 0 N–H and O–H groups in total. The van der Waals surface area contributed by atoms with Crippen molar-refractivity contribution in [2.24, 2.45) is 0 Å². The van der Waals surface area contributed by atoms with Crippen molar-refractivity contribution in [2.75, 3.05) is 27.2 Å². The summed E-state index contributed by atoms with van der Waals surface area (Å²) in [6.45, 7) is 4.22. The van der Waals surface area contributed by atoms with Gasteiger partial charge in [0.25, 0.3) is 10.0 Å². The summed E-state index contributed by atoms with van der Waals surface area (Å²) < 4.78 is 28.3. The van der Waals surface area contributed by atoms with Crippen LogP contribution >= 0.6 is 0 Å². The largest absolute Gasteiger partial charge is 0.302 e. The van der Waals surface area contributed by atoms with Gasteiger partial charge in [-0.05, 0) is 38.9 Å². The van der Waals surface area contributed by atoms with Crippen LogP contribution in [0.25, 0.3) is 0 Å². The minimum Gasteiger partial charge on any atom is -0.302 e. The highest BCUT2D eigenvalue weighted by Gasteiger charge is 2.29. The van der Waals surface area contributed by atoms with Crippen molar-refractivity contribution in [3.05, 3.63) is 12.3 Å². The van der Waals surface area contributed by atoms with E-state index in [2.05, 4.69) is 17.0 Å². The summed E-state index contributed by atoms with van der Waals surface area (Å²) in [6.07, 6.45) is 4.62. The van der Waals surface area contributed by atoms with Crippen LogP contribution in [0.15, 0.2) is 17.3 Å². The summed E-state index contributed by atoms with van der Waals surface area (Å²) in [6, 6.07) is 1.90. The van der Waals surface area contributed by atoms with Crippen LogP contribution in [0.4, 0.5) is 0 Å². The fraction of sp³-hybridized carbons (Fsp3) is 0.769. The van der Waals surface area contributed by atoms with E-state index in [1.807, 2.05) is 6.92 Å². The van der Waals surface area contributed by atoms with Gasteiger partial charge in [-0.3, -0.25) is 4.68 Å². The lowest BCUT2D eigenvalue weighted by atomic mass is 10.2. The third-order valence-corrected chi connectivity index (χ3v) is 5.77. The average Bonchev–Trinajstić information content (AvgIpc) is 3.00. The molecule has 0 aliphatic carbocycles. The second-order valence-corrected chi connectivity index (χ2v) is 7.45. The van der Waals surface area contributed by atoms with E-state index >= 15 is 0 Å². The van der Waals surface area contributed by atoms with Crippen LogP contribution in [0.1, 0.15) is 26.2 Å². The van der Waals surface area contributed by atoms with E-state index in [0.717, 1.165) is 25.8 Å². The first kappa shape index (κ1) is 15.5. The van der Waals surface area contributed by atoms with Crippen molar-refractivity contribution in [1.82, 2.24) is 19.0 Å². The van der Waals surface area contributed by atoms with Gasteiger partial charge in [0, 0.05) is 26.2 Å². The molecule has 0 spiro atoms. The van der Waals surface area contributed by atoms with Crippen LogP contribution in [0, 0.1) is 0 Å². The summed E-state index contributed by atoms with van der Waals surface area (Å²) in [5.74, 6) is 0. The number of aromatic nitrogens is 2. The standard InChI is InChI=1S/C13H24N4O2S/c1-4-9-17-13(7-8-14-17)20(18,19)16(3)11-12-6-5-10-15(12)2/h7-8,12H,4-6,9-11H2,1-3H3. The normalized spacial score (nSPS) is 20.9. The molecule has 1 fully saturated rings. The highest BCUT2D eigenvalue weighted by molar-refractivity contribution is 7.89. The van der Waals surface area contributed by atoms with Crippen LogP contribution in [0.2, 0.25) is 0 Å². The molecule has 6 nitrogen and oxygen atoms in total. The Morgan fingerprint density at radius 3 is 2.85 bits per heavy atom. The molecule has 1 aromatic rings. The minimum absolute atomic E-state index is 0.294. The summed E-state index contributed by atoms with van der Waals surface area (Å²) in [5, 5.41) is 4.40. The molecule has 1 aromatic heterocycles. The maximum Gasteiger partial charge on any atom is 0.260 e. The summed E-state index contributed by atoms with van der Waals surface area (Å²) in [5.41, 5.74) is 0. The number of hydrogen-bond donors (Lipinski definition) is 0. The lowest BCUT2D eigenvalue weighted by Gasteiger charge is -2.25. The van der Waals surface area contributed by atoms with Gasteiger partial charge in [-0.2, -0.15) is 9.40 Å². The van der Waals surface area contributed by atoms with Crippen LogP contribution in [-0.2, 0) is 16.6 Å². The first-order chi connectivity index (χ1) is 9.46. The van der Waals surface area contributed by atoms with Crippen molar-refractivity contribution in [3.8, 4) is 0 Å². The van der Waals surface area contributed by atoms with Gasteiger partial charge in [-0.15, -0.1) is 0 Å². The van der Waals surface area contributed by atoms with E-state index in [9.17, 15) is 8.42 Å². The van der Waals surface area contributed by atoms with Crippen molar-refractivity contribution in [1.29, 1.82) is 0 Å². The number of nitrogens with zero attached hydrogens (tertiary/aromatic N) is 4. The molecule has 20 heavy (non-hydrogen) atoms. The molecular weight excluding hydrogens is 276 g/mol. The Morgan fingerprint density at radius 2 is 2.25 bits per heavy atom. The lowest BCUT2D eigenvalue weighted by Crippen LogP contribution is -2.40. The zero-order valence-corrected chi connectivity index (χ0v) is 13.3. The van der Waals surface area contributed by atoms with Gasteiger partial charge < -0.3 is 4.90 Å². The van der Waals surface area contributed by atoms with E-state index in [-0.39, 0.29) is 0 Å². The fourth-order valence-corrected chi connectivity index (χ4v) is 4.01. The van der Waals surface area contributed by atoms with Crippen molar-refractivity contribution in [2.45, 2.75) is 43.8 Å². The van der Waals surface area contributed by atoms with E-state index in [1.165, 1.54) is 4.31 Å². The van der Waals surface area contributed by atoms with Crippen molar-refractivity contribution in [3.63, 3.8) is 0 Å². The zero-order valence-electron chi connectivity index (χ0n) is 12.5. The van der Waals surface area contributed by atoms with Gasteiger partial charge in [-0.1, -0.05) is 6.92 Å². The fourth-order valence-electron chi connectivity index (χ4n) is 2.68. The number of sulfonamides is 1. The van der Waals surface area contributed by atoms with Gasteiger partial charge in [0.05, 0.1) is 6.20 Å². The van der Waals surface area contributed by atoms with Gasteiger partial charge in [0.15, 0.2) is 5.03 Å². The second kappa shape index (κ2) is 6.24. The van der Waals surface area contributed by atoms with Gasteiger partial charge in [-0.25, -0.2) is 8.42 Å². The number of likely N-dealkylation sites (tertiary alicyclic amines) is 1. The molecule has 114 valence electrons. The Hall–Kier alpha value is -0.920. The molecule has 0 saturated carbocycles. The number of aryl methyl sites for hydroxylation is 1. The molecular formula is C13H24N4O2S. The summed E-state index contributed by atoms with van der Waals surface area (Å²) in [7, 11) is 0.260. The minimum atomic E-state index is -3.45. The second-order valence-electron chi connectivity index (χ2n) is 5.45. The molecule has 0 amide bonds. The molecule has 2 heterocycles. The lowest BCUT2D eigenvalue weighted by molar-refractivity contribution is 0.270. The molecule has 1 unspecified atom stereocenters. The Morgan fingerprint density at radius 1 is 1.50 bits per heavy atom. The quantitative estimate of drug-likeness (QED) is 0.787. The van der Waals surface area contributed by atoms with Crippen LogP contribution in [-0.4, -0.2) is 60.6 Å². The predicted octanol–water partition coefficient (Wildman–Crippen LogP) is 1.01. The van der Waals surface area contributed by atoms with E-state index in [1.54, 1.807) is 24.0 Å². The summed E-state index contributed by atoms with van der Waals surface area (Å²) in [4.78, 5) is 2.23.